The quantitative estimate of drug-likeness (QED) is 0.309. The lowest BCUT2D eigenvalue weighted by molar-refractivity contribution is -0.139. The summed E-state index contributed by atoms with van der Waals surface area (Å²) in [5.41, 5.74) is 2.04. The van der Waals surface area contributed by atoms with Crippen LogP contribution in [0, 0.1) is 5.92 Å². The van der Waals surface area contributed by atoms with Gasteiger partial charge >= 0.3 is 5.97 Å². The Morgan fingerprint density at radius 1 is 0.875 bits per heavy atom. The van der Waals surface area contributed by atoms with Gasteiger partial charge in [-0.1, -0.05) is 88.1 Å². The van der Waals surface area contributed by atoms with E-state index in [1.807, 2.05) is 54.6 Å². The number of hydrogen-bond donors (Lipinski definition) is 0. The zero-order valence-corrected chi connectivity index (χ0v) is 14.8. The number of para-hydroxylation sites is 1. The molecule has 0 spiro atoms. The summed E-state index contributed by atoms with van der Waals surface area (Å²) in [6.45, 7) is 4.31. The van der Waals surface area contributed by atoms with Gasteiger partial charge in [0.1, 0.15) is 5.75 Å². The van der Waals surface area contributed by atoms with Gasteiger partial charge in [-0.3, -0.25) is 4.79 Å². The Morgan fingerprint density at radius 3 is 2.29 bits per heavy atom. The molecule has 128 valence electrons. The van der Waals surface area contributed by atoms with Gasteiger partial charge < -0.3 is 4.74 Å². The van der Waals surface area contributed by atoms with Crippen molar-refractivity contribution in [1.29, 1.82) is 0 Å². The third kappa shape index (κ3) is 5.23. The minimum Gasteiger partial charge on any atom is -0.426 e. The van der Waals surface area contributed by atoms with Crippen molar-refractivity contribution in [2.75, 3.05) is 0 Å². The SMILES string of the molecule is CCCCCC(CCC)C(=O)Oc1ccccc1-c1ccccc1. The first-order chi connectivity index (χ1) is 11.8. The lowest BCUT2D eigenvalue weighted by Crippen LogP contribution is -2.21. The van der Waals surface area contributed by atoms with E-state index < -0.39 is 0 Å². The third-order valence-corrected chi connectivity index (χ3v) is 4.31. The minimum atomic E-state index is -0.0867. The molecule has 2 aromatic rings. The molecule has 1 unspecified atom stereocenters. The maximum atomic E-state index is 12.7. The Bertz CT molecular complexity index is 619. The second-order valence-electron chi connectivity index (χ2n) is 6.26. The predicted molar refractivity (Wildman–Crippen MR) is 100 cm³/mol. The van der Waals surface area contributed by atoms with Gasteiger partial charge in [-0.15, -0.1) is 0 Å². The highest BCUT2D eigenvalue weighted by Crippen LogP contribution is 2.30. The van der Waals surface area contributed by atoms with Crippen molar-refractivity contribution in [2.45, 2.75) is 52.4 Å². The molecule has 0 heterocycles. The number of rotatable bonds is 9. The summed E-state index contributed by atoms with van der Waals surface area (Å²) in [5.74, 6) is 0.576. The van der Waals surface area contributed by atoms with Crippen LogP contribution < -0.4 is 4.74 Å². The lowest BCUT2D eigenvalue weighted by Gasteiger charge is -2.16. The van der Waals surface area contributed by atoms with Crippen molar-refractivity contribution in [3.63, 3.8) is 0 Å². The summed E-state index contributed by atoms with van der Waals surface area (Å²) in [7, 11) is 0. The van der Waals surface area contributed by atoms with E-state index in [1.165, 1.54) is 12.8 Å². The van der Waals surface area contributed by atoms with Crippen molar-refractivity contribution in [3.8, 4) is 16.9 Å². The van der Waals surface area contributed by atoms with Gasteiger partial charge in [0.25, 0.3) is 0 Å². The molecule has 1 atom stereocenters. The summed E-state index contributed by atoms with van der Waals surface area (Å²) in [5, 5.41) is 0. The maximum absolute atomic E-state index is 12.7. The van der Waals surface area contributed by atoms with Crippen LogP contribution in [0.1, 0.15) is 52.4 Å². The Morgan fingerprint density at radius 2 is 1.58 bits per heavy atom. The molecule has 0 saturated carbocycles. The molecule has 0 aliphatic rings. The number of benzene rings is 2. The van der Waals surface area contributed by atoms with Gasteiger partial charge in [0.15, 0.2) is 0 Å². The van der Waals surface area contributed by atoms with Gasteiger partial charge in [-0.25, -0.2) is 0 Å². The zero-order valence-electron chi connectivity index (χ0n) is 14.8. The zero-order chi connectivity index (χ0) is 17.2. The van der Waals surface area contributed by atoms with Crippen LogP contribution in [-0.4, -0.2) is 5.97 Å². The van der Waals surface area contributed by atoms with Crippen molar-refractivity contribution >= 4 is 5.97 Å². The highest BCUT2D eigenvalue weighted by molar-refractivity contribution is 5.79. The first-order valence-electron chi connectivity index (χ1n) is 9.12. The number of unbranched alkanes of at least 4 members (excludes halogenated alkanes) is 2. The van der Waals surface area contributed by atoms with Crippen LogP contribution in [0.25, 0.3) is 11.1 Å². The number of esters is 1. The average molecular weight is 324 g/mol. The average Bonchev–Trinajstić information content (AvgIpc) is 2.62. The molecule has 0 bridgehead atoms. The standard InChI is InChI=1S/C22H28O2/c1-3-5-7-15-19(12-4-2)22(23)24-21-17-11-10-16-20(21)18-13-8-6-9-14-18/h6,8-11,13-14,16-17,19H,3-5,7,12,15H2,1-2H3. The molecular formula is C22H28O2. The van der Waals surface area contributed by atoms with Gasteiger partial charge in [0.2, 0.25) is 0 Å². The summed E-state index contributed by atoms with van der Waals surface area (Å²) in [6.07, 6.45) is 6.27. The van der Waals surface area contributed by atoms with E-state index in [-0.39, 0.29) is 11.9 Å². The second kappa shape index (κ2) is 9.92. The molecule has 0 radical (unpaired) electrons. The summed E-state index contributed by atoms with van der Waals surface area (Å²) in [4.78, 5) is 12.7. The molecule has 0 fully saturated rings. The highest BCUT2D eigenvalue weighted by atomic mass is 16.5. The fraction of sp³-hybridized carbons (Fsp3) is 0.409. The Balaban J connectivity index is 2.13. The second-order valence-corrected chi connectivity index (χ2v) is 6.26. The predicted octanol–water partition coefficient (Wildman–Crippen LogP) is 6.26. The molecule has 0 amide bonds. The van der Waals surface area contributed by atoms with E-state index in [2.05, 4.69) is 13.8 Å². The number of ether oxygens (including phenoxy) is 1. The monoisotopic (exact) mass is 324 g/mol. The third-order valence-electron chi connectivity index (χ3n) is 4.31. The highest BCUT2D eigenvalue weighted by Gasteiger charge is 2.20. The van der Waals surface area contributed by atoms with Crippen LogP contribution in [0.15, 0.2) is 54.6 Å². The van der Waals surface area contributed by atoms with Crippen LogP contribution >= 0.6 is 0 Å². The topological polar surface area (TPSA) is 26.3 Å². The smallest absolute Gasteiger partial charge is 0.314 e. The number of carbonyl (C=O) groups is 1. The molecule has 0 N–H and O–H groups in total. The van der Waals surface area contributed by atoms with Crippen molar-refractivity contribution in [2.24, 2.45) is 5.92 Å². The number of carbonyl (C=O) groups excluding carboxylic acids is 1. The molecule has 0 aliphatic heterocycles. The van der Waals surface area contributed by atoms with Crippen molar-refractivity contribution in [1.82, 2.24) is 0 Å². The maximum Gasteiger partial charge on any atom is 0.314 e. The van der Waals surface area contributed by atoms with Crippen molar-refractivity contribution < 1.29 is 9.53 Å². The van der Waals surface area contributed by atoms with Gasteiger partial charge in [-0.05, 0) is 24.5 Å². The minimum absolute atomic E-state index is 0.00498. The normalized spacial score (nSPS) is 11.9. The molecule has 24 heavy (non-hydrogen) atoms. The van der Waals surface area contributed by atoms with Crippen molar-refractivity contribution in [3.05, 3.63) is 54.6 Å². The molecule has 2 rings (SSSR count). The van der Waals surface area contributed by atoms with Gasteiger partial charge in [0.05, 0.1) is 5.92 Å². The molecule has 0 aromatic heterocycles. The lowest BCUT2D eigenvalue weighted by atomic mass is 9.96. The fourth-order valence-electron chi connectivity index (χ4n) is 2.97. The molecule has 2 aromatic carbocycles. The van der Waals surface area contributed by atoms with Gasteiger partial charge in [0, 0.05) is 5.56 Å². The Kier molecular flexibility index (Phi) is 7.54. The number of hydrogen-bond acceptors (Lipinski definition) is 2. The summed E-state index contributed by atoms with van der Waals surface area (Å²) < 4.78 is 5.81. The van der Waals surface area contributed by atoms with Crippen LogP contribution in [-0.2, 0) is 4.79 Å². The van der Waals surface area contributed by atoms with Gasteiger partial charge in [-0.2, -0.15) is 0 Å². The first-order valence-corrected chi connectivity index (χ1v) is 9.12. The molecule has 0 aliphatic carbocycles. The van der Waals surface area contributed by atoms with E-state index in [4.69, 9.17) is 4.74 Å². The van der Waals surface area contributed by atoms with E-state index in [0.29, 0.717) is 5.75 Å². The van der Waals surface area contributed by atoms with E-state index >= 15 is 0 Å². The van der Waals surface area contributed by atoms with Crippen LogP contribution in [0.3, 0.4) is 0 Å². The largest absolute Gasteiger partial charge is 0.426 e. The molecule has 2 heteroatoms. The van der Waals surface area contributed by atoms with Crippen LogP contribution in [0.4, 0.5) is 0 Å². The fourth-order valence-corrected chi connectivity index (χ4v) is 2.97. The Labute approximate surface area is 145 Å². The summed E-state index contributed by atoms with van der Waals surface area (Å²) >= 11 is 0. The molecule has 2 nitrogen and oxygen atoms in total. The molecular weight excluding hydrogens is 296 g/mol. The first kappa shape index (κ1) is 18.3. The van der Waals surface area contributed by atoms with Crippen LogP contribution in [0.2, 0.25) is 0 Å². The molecule has 0 saturated heterocycles. The van der Waals surface area contributed by atoms with Crippen LogP contribution in [0.5, 0.6) is 5.75 Å². The summed E-state index contributed by atoms with van der Waals surface area (Å²) in [6, 6.07) is 17.8. The van der Waals surface area contributed by atoms with E-state index in [9.17, 15) is 4.79 Å². The Hall–Kier alpha value is -2.09. The van der Waals surface area contributed by atoms with E-state index in [1.54, 1.807) is 0 Å². The van der Waals surface area contributed by atoms with E-state index in [0.717, 1.165) is 36.8 Å².